The lowest BCUT2D eigenvalue weighted by Crippen LogP contribution is -2.37. The Morgan fingerprint density at radius 3 is 2.91 bits per heavy atom. The van der Waals surface area contributed by atoms with Crippen LogP contribution in [-0.2, 0) is 38.4 Å². The van der Waals surface area contributed by atoms with Crippen molar-refractivity contribution in [3.63, 3.8) is 0 Å². The Morgan fingerprint density at radius 2 is 2.18 bits per heavy atom. The van der Waals surface area contributed by atoms with Gasteiger partial charge >= 0.3 is 18.0 Å². The molecule has 4 rings (SSSR count). The van der Waals surface area contributed by atoms with E-state index in [1.165, 1.54) is 30.5 Å². The van der Waals surface area contributed by atoms with E-state index in [-0.39, 0.29) is 23.8 Å². The maximum atomic E-state index is 12.3. The number of hydrogen-bond donors (Lipinski definition) is 2. The SMILES string of the molecule is CCOC(=O)N1CCc2c(cnc3nc(CC4SC=C(C(=O)O)NC=C4C(=O)OC)nn23)C1. The summed E-state index contributed by atoms with van der Waals surface area (Å²) in [7, 11) is 1.26. The zero-order chi connectivity index (χ0) is 23.5. The topological polar surface area (TPSA) is 148 Å². The van der Waals surface area contributed by atoms with Gasteiger partial charge in [0, 0.05) is 48.0 Å². The van der Waals surface area contributed by atoms with Gasteiger partial charge in [-0.1, -0.05) is 0 Å². The summed E-state index contributed by atoms with van der Waals surface area (Å²) in [6, 6.07) is 0. The van der Waals surface area contributed by atoms with Gasteiger partial charge in [-0.2, -0.15) is 4.98 Å². The quantitative estimate of drug-likeness (QED) is 0.595. The van der Waals surface area contributed by atoms with Crippen LogP contribution in [0.2, 0.25) is 0 Å². The van der Waals surface area contributed by atoms with Gasteiger partial charge in [-0.3, -0.25) is 0 Å². The molecule has 2 aromatic rings. The van der Waals surface area contributed by atoms with Crippen molar-refractivity contribution in [2.45, 2.75) is 31.6 Å². The Balaban J connectivity index is 1.60. The molecular formula is C20H22N6O6S. The summed E-state index contributed by atoms with van der Waals surface area (Å²) >= 11 is 1.17. The highest BCUT2D eigenvalue weighted by molar-refractivity contribution is 8.03. The number of methoxy groups -OCH3 is 1. The molecule has 1 amide bonds. The third-order valence-electron chi connectivity index (χ3n) is 5.20. The molecule has 33 heavy (non-hydrogen) atoms. The fourth-order valence-electron chi connectivity index (χ4n) is 3.59. The molecule has 13 heteroatoms. The average Bonchev–Trinajstić information content (AvgIpc) is 3.10. The molecule has 174 valence electrons. The number of nitrogens with one attached hydrogen (secondary N) is 1. The molecule has 2 aromatic heterocycles. The minimum Gasteiger partial charge on any atom is -0.477 e. The highest BCUT2D eigenvalue weighted by atomic mass is 32.2. The van der Waals surface area contributed by atoms with Gasteiger partial charge in [-0.15, -0.1) is 16.9 Å². The number of nitrogens with zero attached hydrogens (tertiary/aromatic N) is 5. The Bertz CT molecular complexity index is 1180. The third-order valence-corrected chi connectivity index (χ3v) is 6.32. The number of aromatic nitrogens is 4. The van der Waals surface area contributed by atoms with Crippen molar-refractivity contribution < 1.29 is 29.0 Å². The Labute approximate surface area is 192 Å². The number of rotatable bonds is 5. The first kappa shape index (κ1) is 22.6. The van der Waals surface area contributed by atoms with E-state index < -0.39 is 17.2 Å². The first-order chi connectivity index (χ1) is 15.9. The monoisotopic (exact) mass is 474 g/mol. The van der Waals surface area contributed by atoms with Crippen LogP contribution >= 0.6 is 11.8 Å². The van der Waals surface area contributed by atoms with Crippen LogP contribution in [0.5, 0.6) is 0 Å². The summed E-state index contributed by atoms with van der Waals surface area (Å²) in [5.74, 6) is -0.848. The van der Waals surface area contributed by atoms with Gasteiger partial charge in [0.15, 0.2) is 5.82 Å². The minimum absolute atomic E-state index is 0.0475. The maximum Gasteiger partial charge on any atom is 0.410 e. The van der Waals surface area contributed by atoms with Crippen molar-refractivity contribution in [3.8, 4) is 0 Å². The first-order valence-corrected chi connectivity index (χ1v) is 11.1. The van der Waals surface area contributed by atoms with Crippen LogP contribution in [0, 0.1) is 0 Å². The number of hydrogen-bond acceptors (Lipinski definition) is 10. The minimum atomic E-state index is -1.14. The summed E-state index contributed by atoms with van der Waals surface area (Å²) in [5, 5.41) is 17.5. The highest BCUT2D eigenvalue weighted by Gasteiger charge is 2.29. The Kier molecular flexibility index (Phi) is 6.49. The predicted molar refractivity (Wildman–Crippen MR) is 116 cm³/mol. The zero-order valence-electron chi connectivity index (χ0n) is 18.0. The van der Waals surface area contributed by atoms with E-state index in [4.69, 9.17) is 9.47 Å². The number of fused-ring (bicyclic) bond motifs is 3. The molecule has 1 unspecified atom stereocenters. The summed E-state index contributed by atoms with van der Waals surface area (Å²) < 4.78 is 11.6. The average molecular weight is 474 g/mol. The van der Waals surface area contributed by atoms with Crippen molar-refractivity contribution in [2.24, 2.45) is 0 Å². The van der Waals surface area contributed by atoms with Crippen molar-refractivity contribution in [1.82, 2.24) is 29.8 Å². The second kappa shape index (κ2) is 9.48. The van der Waals surface area contributed by atoms with Gasteiger partial charge < -0.3 is 24.8 Å². The van der Waals surface area contributed by atoms with Crippen LogP contribution in [0.4, 0.5) is 4.79 Å². The lowest BCUT2D eigenvalue weighted by Gasteiger charge is -2.27. The van der Waals surface area contributed by atoms with Gasteiger partial charge in [0.25, 0.3) is 5.78 Å². The number of carbonyl (C=O) groups excluding carboxylic acids is 2. The molecule has 0 radical (unpaired) electrons. The van der Waals surface area contributed by atoms with E-state index >= 15 is 0 Å². The molecule has 2 aliphatic rings. The number of carboxylic acid groups (broad SMARTS) is 1. The fourth-order valence-corrected chi connectivity index (χ4v) is 4.61. The second-order valence-electron chi connectivity index (χ2n) is 7.24. The number of ether oxygens (including phenoxy) is 2. The molecule has 0 aromatic carbocycles. The molecule has 4 heterocycles. The molecule has 2 N–H and O–H groups in total. The van der Waals surface area contributed by atoms with Crippen LogP contribution in [0.15, 0.2) is 29.1 Å². The fraction of sp³-hybridized carbons (Fsp3) is 0.400. The largest absolute Gasteiger partial charge is 0.477 e. The van der Waals surface area contributed by atoms with Crippen molar-refractivity contribution in [2.75, 3.05) is 20.3 Å². The van der Waals surface area contributed by atoms with Crippen LogP contribution < -0.4 is 5.32 Å². The molecule has 12 nitrogen and oxygen atoms in total. The van der Waals surface area contributed by atoms with Crippen LogP contribution in [0.3, 0.4) is 0 Å². The van der Waals surface area contributed by atoms with Crippen molar-refractivity contribution in [1.29, 1.82) is 0 Å². The lowest BCUT2D eigenvalue weighted by atomic mass is 10.1. The van der Waals surface area contributed by atoms with Gasteiger partial charge in [0.2, 0.25) is 0 Å². The third kappa shape index (κ3) is 4.62. The van der Waals surface area contributed by atoms with E-state index in [0.717, 1.165) is 11.3 Å². The van der Waals surface area contributed by atoms with E-state index in [0.29, 0.717) is 37.7 Å². The smallest absolute Gasteiger partial charge is 0.410 e. The molecule has 2 aliphatic heterocycles. The number of aliphatic carboxylic acids is 1. The molecule has 0 bridgehead atoms. The van der Waals surface area contributed by atoms with E-state index in [9.17, 15) is 19.5 Å². The Hall–Kier alpha value is -3.61. The molecule has 0 aliphatic carbocycles. The first-order valence-electron chi connectivity index (χ1n) is 10.2. The zero-order valence-corrected chi connectivity index (χ0v) is 18.8. The summed E-state index contributed by atoms with van der Waals surface area (Å²) in [4.78, 5) is 46.1. The van der Waals surface area contributed by atoms with Gasteiger partial charge in [-0.05, 0) is 6.92 Å². The second-order valence-corrected chi connectivity index (χ2v) is 8.32. The normalized spacial score (nSPS) is 17.9. The molecule has 0 saturated heterocycles. The molecule has 1 atom stereocenters. The predicted octanol–water partition coefficient (Wildman–Crippen LogP) is 0.869. The number of amides is 1. The molecule has 0 fully saturated rings. The van der Waals surface area contributed by atoms with Crippen LogP contribution in [-0.4, -0.2) is 73.1 Å². The van der Waals surface area contributed by atoms with Gasteiger partial charge in [0.05, 0.1) is 31.5 Å². The molecule has 0 spiro atoms. The van der Waals surface area contributed by atoms with E-state index in [1.54, 1.807) is 22.5 Å². The summed E-state index contributed by atoms with van der Waals surface area (Å²) in [6.45, 7) is 2.93. The number of carboxylic acids is 1. The summed E-state index contributed by atoms with van der Waals surface area (Å²) in [6.07, 6.45) is 3.48. The molecular weight excluding hydrogens is 452 g/mol. The summed E-state index contributed by atoms with van der Waals surface area (Å²) in [5.41, 5.74) is 1.99. The van der Waals surface area contributed by atoms with Crippen molar-refractivity contribution >= 4 is 35.6 Å². The number of carbonyl (C=O) groups is 3. The standard InChI is InChI=1S/C20H22N6O6S/c1-3-32-20(30)25-5-4-14-11(9-25)7-22-19-23-16(24-26(14)19)6-15-12(18(29)31-2)8-21-13(10-33-15)17(27)28/h7-8,10,15,21H,3-6,9H2,1-2H3,(H,27,28). The van der Waals surface area contributed by atoms with E-state index in [2.05, 4.69) is 20.4 Å². The lowest BCUT2D eigenvalue weighted by molar-refractivity contribution is -0.136. The van der Waals surface area contributed by atoms with Crippen LogP contribution in [0.25, 0.3) is 5.78 Å². The number of thioether (sulfide) groups is 1. The highest BCUT2D eigenvalue weighted by Crippen LogP contribution is 2.28. The van der Waals surface area contributed by atoms with Crippen LogP contribution in [0.1, 0.15) is 24.0 Å². The van der Waals surface area contributed by atoms with Gasteiger partial charge in [-0.25, -0.2) is 23.9 Å². The molecule has 0 saturated carbocycles. The maximum absolute atomic E-state index is 12.3. The Morgan fingerprint density at radius 1 is 1.36 bits per heavy atom. The van der Waals surface area contributed by atoms with E-state index in [1.807, 2.05) is 0 Å². The van der Waals surface area contributed by atoms with Crippen molar-refractivity contribution in [3.05, 3.63) is 46.2 Å². The van der Waals surface area contributed by atoms with Gasteiger partial charge in [0.1, 0.15) is 5.70 Å². The number of esters is 1.